The maximum Gasteiger partial charge on any atom is 0.149 e. The minimum atomic E-state index is 0.345. The van der Waals surface area contributed by atoms with Gasteiger partial charge in [0.1, 0.15) is 11.6 Å². The number of nitrogens with zero attached hydrogens (tertiary/aromatic N) is 2. The highest BCUT2D eigenvalue weighted by Gasteiger charge is 2.17. The molecule has 0 amide bonds. The first-order valence-corrected chi connectivity index (χ1v) is 5.30. The van der Waals surface area contributed by atoms with Crippen molar-refractivity contribution < 1.29 is 0 Å². The molecule has 0 atom stereocenters. The van der Waals surface area contributed by atoms with Crippen LogP contribution in [0.5, 0.6) is 0 Å². The van der Waals surface area contributed by atoms with E-state index in [9.17, 15) is 0 Å². The van der Waals surface area contributed by atoms with Crippen molar-refractivity contribution in [2.45, 2.75) is 12.8 Å². The number of hydrogen-bond acceptors (Lipinski definition) is 3. The van der Waals surface area contributed by atoms with Gasteiger partial charge in [0.05, 0.1) is 10.0 Å². The van der Waals surface area contributed by atoms with E-state index in [2.05, 4.69) is 9.88 Å². The van der Waals surface area contributed by atoms with Crippen molar-refractivity contribution in [3.05, 3.63) is 16.1 Å². The second kappa shape index (κ2) is 3.83. The van der Waals surface area contributed by atoms with Gasteiger partial charge in [-0.15, -0.1) is 0 Å². The molecule has 76 valence electrons. The number of hydrogen-bond donors (Lipinski definition) is 1. The average molecular weight is 232 g/mol. The summed E-state index contributed by atoms with van der Waals surface area (Å²) in [7, 11) is 0. The van der Waals surface area contributed by atoms with Crippen LogP contribution in [0.25, 0.3) is 0 Å². The van der Waals surface area contributed by atoms with E-state index in [4.69, 9.17) is 28.9 Å². The summed E-state index contributed by atoms with van der Waals surface area (Å²) in [5.74, 6) is 1.10. The third kappa shape index (κ3) is 1.74. The van der Waals surface area contributed by atoms with Crippen LogP contribution in [-0.4, -0.2) is 18.1 Å². The molecule has 0 aliphatic carbocycles. The van der Waals surface area contributed by atoms with Gasteiger partial charge in [0.25, 0.3) is 0 Å². The molecule has 3 nitrogen and oxygen atoms in total. The Labute approximate surface area is 92.8 Å². The quantitative estimate of drug-likeness (QED) is 0.809. The zero-order chi connectivity index (χ0) is 10.1. The lowest BCUT2D eigenvalue weighted by Gasteiger charge is -2.18. The van der Waals surface area contributed by atoms with Gasteiger partial charge < -0.3 is 10.6 Å². The molecule has 0 bridgehead atoms. The minimum Gasteiger partial charge on any atom is -0.382 e. The fraction of sp³-hybridized carbons (Fsp3) is 0.444. The van der Waals surface area contributed by atoms with Crippen LogP contribution in [-0.2, 0) is 0 Å². The number of rotatable bonds is 1. The van der Waals surface area contributed by atoms with Gasteiger partial charge in [-0.2, -0.15) is 0 Å². The van der Waals surface area contributed by atoms with E-state index in [1.807, 2.05) is 0 Å². The van der Waals surface area contributed by atoms with E-state index in [1.165, 1.54) is 12.8 Å². The summed E-state index contributed by atoms with van der Waals surface area (Å²) in [5, 5.41) is 0.990. The number of anilines is 2. The Kier molecular flexibility index (Phi) is 2.70. The molecule has 2 heterocycles. The first-order valence-electron chi connectivity index (χ1n) is 4.55. The van der Waals surface area contributed by atoms with E-state index in [0.717, 1.165) is 18.9 Å². The number of halogens is 2. The molecule has 0 unspecified atom stereocenters. The van der Waals surface area contributed by atoms with Crippen LogP contribution in [0.2, 0.25) is 10.0 Å². The van der Waals surface area contributed by atoms with Crippen LogP contribution in [0.1, 0.15) is 12.8 Å². The minimum absolute atomic E-state index is 0.345. The van der Waals surface area contributed by atoms with Crippen molar-refractivity contribution in [1.29, 1.82) is 0 Å². The molecular weight excluding hydrogens is 221 g/mol. The fourth-order valence-electron chi connectivity index (χ4n) is 1.62. The van der Waals surface area contributed by atoms with Gasteiger partial charge in [-0.1, -0.05) is 23.2 Å². The normalized spacial score (nSPS) is 16.3. The van der Waals surface area contributed by atoms with E-state index >= 15 is 0 Å². The summed E-state index contributed by atoms with van der Waals surface area (Å²) in [6.45, 7) is 1.99. The molecule has 1 aliphatic rings. The van der Waals surface area contributed by atoms with Crippen molar-refractivity contribution in [2.75, 3.05) is 23.7 Å². The topological polar surface area (TPSA) is 42.1 Å². The van der Waals surface area contributed by atoms with Crippen molar-refractivity contribution >= 4 is 34.8 Å². The van der Waals surface area contributed by atoms with Gasteiger partial charge in [0.15, 0.2) is 0 Å². The Balaban J connectivity index is 2.37. The van der Waals surface area contributed by atoms with Gasteiger partial charge in [-0.3, -0.25) is 0 Å². The van der Waals surface area contributed by atoms with E-state index in [1.54, 1.807) is 6.07 Å². The summed E-state index contributed by atoms with van der Waals surface area (Å²) >= 11 is 11.8. The smallest absolute Gasteiger partial charge is 0.149 e. The zero-order valence-corrected chi connectivity index (χ0v) is 9.15. The molecule has 0 spiro atoms. The number of pyridine rings is 1. The van der Waals surface area contributed by atoms with Crippen LogP contribution in [0.3, 0.4) is 0 Å². The maximum absolute atomic E-state index is 6.04. The summed E-state index contributed by atoms with van der Waals surface area (Å²) in [6, 6.07) is 1.65. The van der Waals surface area contributed by atoms with Crippen LogP contribution in [0, 0.1) is 0 Å². The molecule has 1 saturated heterocycles. The van der Waals surface area contributed by atoms with Crippen molar-refractivity contribution in [2.24, 2.45) is 0 Å². The van der Waals surface area contributed by atoms with Gasteiger partial charge in [-0.25, -0.2) is 4.98 Å². The van der Waals surface area contributed by atoms with Crippen molar-refractivity contribution in [1.82, 2.24) is 4.98 Å². The Morgan fingerprint density at radius 2 is 1.86 bits per heavy atom. The Morgan fingerprint density at radius 1 is 1.21 bits per heavy atom. The summed E-state index contributed by atoms with van der Waals surface area (Å²) in [6.07, 6.45) is 2.36. The molecule has 14 heavy (non-hydrogen) atoms. The predicted octanol–water partition coefficient (Wildman–Crippen LogP) is 2.57. The highest BCUT2D eigenvalue weighted by atomic mass is 35.5. The van der Waals surface area contributed by atoms with E-state index < -0.39 is 0 Å². The molecular formula is C9H11Cl2N3. The third-order valence-electron chi connectivity index (χ3n) is 2.34. The first kappa shape index (κ1) is 9.87. The predicted molar refractivity (Wildman–Crippen MR) is 60.1 cm³/mol. The number of nitrogens with two attached hydrogens (primary N) is 1. The van der Waals surface area contributed by atoms with Crippen molar-refractivity contribution in [3.8, 4) is 0 Å². The second-order valence-electron chi connectivity index (χ2n) is 3.36. The van der Waals surface area contributed by atoms with E-state index in [-0.39, 0.29) is 0 Å². The van der Waals surface area contributed by atoms with Crippen LogP contribution in [0.4, 0.5) is 11.6 Å². The third-order valence-corrected chi connectivity index (χ3v) is 2.92. The first-order chi connectivity index (χ1) is 6.68. The summed E-state index contributed by atoms with van der Waals surface area (Å²) < 4.78 is 0. The lowest BCUT2D eigenvalue weighted by molar-refractivity contribution is 0.940. The fourth-order valence-corrected chi connectivity index (χ4v) is 2.10. The Bertz CT molecular complexity index is 348. The molecule has 0 radical (unpaired) electrons. The summed E-state index contributed by atoms with van der Waals surface area (Å²) in [5.41, 5.74) is 5.63. The molecule has 1 aromatic heterocycles. The zero-order valence-electron chi connectivity index (χ0n) is 7.63. The Morgan fingerprint density at radius 3 is 2.50 bits per heavy atom. The average Bonchev–Trinajstić information content (AvgIpc) is 2.64. The molecule has 1 aromatic rings. The molecule has 0 aromatic carbocycles. The molecule has 1 fully saturated rings. The monoisotopic (exact) mass is 231 g/mol. The lowest BCUT2D eigenvalue weighted by atomic mass is 10.4. The maximum atomic E-state index is 6.04. The van der Waals surface area contributed by atoms with Crippen molar-refractivity contribution in [3.63, 3.8) is 0 Å². The highest BCUT2D eigenvalue weighted by Crippen LogP contribution is 2.31. The molecule has 0 saturated carbocycles. The van der Waals surface area contributed by atoms with E-state index in [0.29, 0.717) is 15.9 Å². The number of nitrogen functional groups attached to an aromatic ring is 1. The van der Waals surface area contributed by atoms with Gasteiger partial charge >= 0.3 is 0 Å². The molecule has 2 rings (SSSR count). The van der Waals surface area contributed by atoms with Crippen LogP contribution < -0.4 is 10.6 Å². The van der Waals surface area contributed by atoms with Crippen LogP contribution >= 0.6 is 23.2 Å². The largest absolute Gasteiger partial charge is 0.382 e. The number of aromatic nitrogens is 1. The SMILES string of the molecule is Nc1nc(N2CCCC2)c(Cl)cc1Cl. The molecule has 5 heteroatoms. The van der Waals surface area contributed by atoms with Gasteiger partial charge in [-0.05, 0) is 18.9 Å². The standard InChI is InChI=1S/C9H11Cl2N3/c10-6-5-7(11)9(13-8(6)12)14-3-1-2-4-14/h5H,1-4H2,(H2,12,13). The lowest BCUT2D eigenvalue weighted by Crippen LogP contribution is -2.19. The summed E-state index contributed by atoms with van der Waals surface area (Å²) in [4.78, 5) is 6.33. The Hall–Kier alpha value is -0.670. The van der Waals surface area contributed by atoms with Gasteiger partial charge in [0, 0.05) is 13.1 Å². The molecule has 1 aliphatic heterocycles. The van der Waals surface area contributed by atoms with Crippen LogP contribution in [0.15, 0.2) is 6.07 Å². The van der Waals surface area contributed by atoms with Gasteiger partial charge in [0.2, 0.25) is 0 Å². The second-order valence-corrected chi connectivity index (χ2v) is 4.17. The molecule has 2 N–H and O–H groups in total. The highest BCUT2D eigenvalue weighted by molar-refractivity contribution is 6.37.